The van der Waals surface area contributed by atoms with Gasteiger partial charge in [-0.05, 0) is 50.1 Å². The third-order valence-corrected chi connectivity index (χ3v) is 5.21. The maximum Gasteiger partial charge on any atom is 0.352 e. The van der Waals surface area contributed by atoms with Crippen LogP contribution in [0.2, 0.25) is 5.02 Å². The van der Waals surface area contributed by atoms with Crippen molar-refractivity contribution in [2.75, 3.05) is 0 Å². The Morgan fingerprint density at radius 2 is 1.70 bits per heavy atom. The minimum Gasteiger partial charge on any atom is -0.348 e. The Bertz CT molecular complexity index is 1150. The van der Waals surface area contributed by atoms with Crippen molar-refractivity contribution in [3.8, 4) is 5.69 Å². The fraction of sp³-hybridized carbons (Fsp3) is 0.273. The molecule has 3 rings (SSSR count). The Morgan fingerprint density at radius 1 is 1.07 bits per heavy atom. The third kappa shape index (κ3) is 4.36. The van der Waals surface area contributed by atoms with Gasteiger partial charge in [-0.2, -0.15) is 9.78 Å². The van der Waals surface area contributed by atoms with Crippen molar-refractivity contribution in [2.45, 2.75) is 39.3 Å². The molecule has 0 fully saturated rings. The van der Waals surface area contributed by atoms with Crippen LogP contribution in [-0.2, 0) is 0 Å². The minimum atomic E-state index is -0.734. The number of hydrogen-bond donors (Lipinski definition) is 1. The van der Waals surface area contributed by atoms with E-state index in [4.69, 9.17) is 11.6 Å². The normalized spacial score (nSPS) is 12.9. The molecule has 156 valence electrons. The monoisotopic (exact) mass is 426 g/mol. The first-order chi connectivity index (χ1) is 14.3. The first-order valence-corrected chi connectivity index (χ1v) is 10.1. The van der Waals surface area contributed by atoms with Crippen LogP contribution < -0.4 is 16.6 Å². The zero-order valence-corrected chi connectivity index (χ0v) is 17.8. The van der Waals surface area contributed by atoms with Gasteiger partial charge in [-0.3, -0.25) is 9.59 Å². The molecular weight excluding hydrogens is 404 g/mol. The van der Waals surface area contributed by atoms with Gasteiger partial charge in [0.1, 0.15) is 0 Å². The number of nitrogens with zero attached hydrogens (tertiary/aromatic N) is 3. The summed E-state index contributed by atoms with van der Waals surface area (Å²) in [5.41, 5.74) is -0.552. The van der Waals surface area contributed by atoms with Gasteiger partial charge in [0, 0.05) is 11.1 Å². The number of nitrogens with one attached hydrogen (secondary N) is 1. The van der Waals surface area contributed by atoms with Crippen LogP contribution in [0, 0.1) is 0 Å². The molecule has 0 saturated carbocycles. The van der Waals surface area contributed by atoms with Crippen LogP contribution in [0.15, 0.2) is 64.2 Å². The van der Waals surface area contributed by atoms with Crippen LogP contribution >= 0.6 is 11.6 Å². The number of benzene rings is 2. The maximum atomic E-state index is 13.2. The molecule has 8 heteroatoms. The molecule has 0 spiro atoms. The van der Waals surface area contributed by atoms with Crippen molar-refractivity contribution in [3.63, 3.8) is 0 Å². The highest BCUT2D eigenvalue weighted by atomic mass is 35.5. The van der Waals surface area contributed by atoms with Crippen molar-refractivity contribution < 1.29 is 4.79 Å². The average molecular weight is 427 g/mol. The zero-order chi connectivity index (χ0) is 21.8. The number of carbonyl (C=O) groups excluding carboxylic acids is 1. The topological polar surface area (TPSA) is 86.0 Å². The SMILES string of the molecule is CC[C@H](C)NC(=O)c1nn(-c2ccc(Cl)cc2)c(=O)n([C@@H](C)c2ccccc2)c1=O. The van der Waals surface area contributed by atoms with Gasteiger partial charge in [0.2, 0.25) is 5.69 Å². The van der Waals surface area contributed by atoms with E-state index in [9.17, 15) is 14.4 Å². The molecule has 1 aromatic heterocycles. The van der Waals surface area contributed by atoms with Gasteiger partial charge in [-0.25, -0.2) is 9.36 Å². The van der Waals surface area contributed by atoms with Crippen LogP contribution in [0.25, 0.3) is 5.69 Å². The molecule has 0 unspecified atom stereocenters. The molecule has 2 aromatic carbocycles. The van der Waals surface area contributed by atoms with E-state index in [-0.39, 0.29) is 11.7 Å². The van der Waals surface area contributed by atoms with Crippen LogP contribution in [0.1, 0.15) is 49.3 Å². The lowest BCUT2D eigenvalue weighted by molar-refractivity contribution is 0.0929. The largest absolute Gasteiger partial charge is 0.352 e. The summed E-state index contributed by atoms with van der Waals surface area (Å²) in [6.07, 6.45) is 0.692. The average Bonchev–Trinajstić information content (AvgIpc) is 2.75. The van der Waals surface area contributed by atoms with Crippen molar-refractivity contribution in [2.24, 2.45) is 0 Å². The maximum absolute atomic E-state index is 13.2. The molecule has 0 radical (unpaired) electrons. The molecule has 0 aliphatic heterocycles. The summed E-state index contributed by atoms with van der Waals surface area (Å²) in [4.78, 5) is 39.2. The molecule has 1 N–H and O–H groups in total. The van der Waals surface area contributed by atoms with Gasteiger partial charge in [0.15, 0.2) is 0 Å². The Hall–Kier alpha value is -3.19. The quantitative estimate of drug-likeness (QED) is 0.655. The fourth-order valence-corrected chi connectivity index (χ4v) is 3.12. The Morgan fingerprint density at radius 3 is 2.30 bits per heavy atom. The minimum absolute atomic E-state index is 0.144. The van der Waals surface area contributed by atoms with E-state index in [0.717, 1.165) is 14.8 Å². The summed E-state index contributed by atoms with van der Waals surface area (Å²) in [6, 6.07) is 14.8. The highest BCUT2D eigenvalue weighted by Gasteiger charge is 2.24. The second kappa shape index (κ2) is 9.09. The van der Waals surface area contributed by atoms with Gasteiger partial charge < -0.3 is 5.32 Å². The van der Waals surface area contributed by atoms with E-state index in [1.165, 1.54) is 0 Å². The van der Waals surface area contributed by atoms with Crippen LogP contribution in [-0.4, -0.2) is 26.3 Å². The van der Waals surface area contributed by atoms with E-state index in [1.54, 1.807) is 31.2 Å². The van der Waals surface area contributed by atoms with Gasteiger partial charge in [-0.1, -0.05) is 48.9 Å². The smallest absolute Gasteiger partial charge is 0.348 e. The van der Waals surface area contributed by atoms with Gasteiger partial charge in [0.05, 0.1) is 11.7 Å². The summed E-state index contributed by atoms with van der Waals surface area (Å²) in [5.74, 6) is -0.619. The second-order valence-electron chi connectivity index (χ2n) is 7.06. The van der Waals surface area contributed by atoms with Crippen LogP contribution in [0.3, 0.4) is 0 Å². The highest BCUT2D eigenvalue weighted by molar-refractivity contribution is 6.30. The standard InChI is InChI=1S/C22H23ClN4O3/c1-4-14(2)24-20(28)19-21(29)26(15(3)16-8-6-5-7-9-16)22(30)27(25-19)18-12-10-17(23)11-13-18/h5-15H,4H2,1-3H3,(H,24,28)/t14-,15-/m0/s1. The number of amides is 1. The molecule has 3 aromatic rings. The van der Waals surface area contributed by atoms with E-state index >= 15 is 0 Å². The fourth-order valence-electron chi connectivity index (χ4n) is 3.00. The third-order valence-electron chi connectivity index (χ3n) is 4.95. The van der Waals surface area contributed by atoms with Gasteiger partial charge in [-0.15, -0.1) is 0 Å². The summed E-state index contributed by atoms with van der Waals surface area (Å²) in [5, 5.41) is 7.35. The number of halogens is 1. The zero-order valence-electron chi connectivity index (χ0n) is 17.0. The van der Waals surface area contributed by atoms with Crippen molar-refractivity contribution >= 4 is 17.5 Å². The first-order valence-electron chi connectivity index (χ1n) is 9.71. The number of aromatic nitrogens is 3. The molecule has 1 heterocycles. The molecule has 7 nitrogen and oxygen atoms in total. The van der Waals surface area contributed by atoms with Crippen molar-refractivity contribution in [1.29, 1.82) is 0 Å². The van der Waals surface area contributed by atoms with E-state index < -0.39 is 23.2 Å². The van der Waals surface area contributed by atoms with E-state index in [1.807, 2.05) is 44.2 Å². The Kier molecular flexibility index (Phi) is 6.52. The van der Waals surface area contributed by atoms with E-state index in [2.05, 4.69) is 10.4 Å². The summed E-state index contributed by atoms with van der Waals surface area (Å²) in [6.45, 7) is 5.49. The van der Waals surface area contributed by atoms with Crippen LogP contribution in [0.5, 0.6) is 0 Å². The molecular formula is C22H23ClN4O3. The molecule has 30 heavy (non-hydrogen) atoms. The summed E-state index contributed by atoms with van der Waals surface area (Å²) < 4.78 is 2.12. The molecule has 0 bridgehead atoms. The highest BCUT2D eigenvalue weighted by Crippen LogP contribution is 2.15. The number of rotatable bonds is 6. The molecule has 2 atom stereocenters. The van der Waals surface area contributed by atoms with Crippen LogP contribution in [0.4, 0.5) is 0 Å². The summed E-state index contributed by atoms with van der Waals surface area (Å²) >= 11 is 5.95. The lowest BCUT2D eigenvalue weighted by Crippen LogP contribution is -2.48. The number of hydrogen-bond acceptors (Lipinski definition) is 4. The van der Waals surface area contributed by atoms with Crippen molar-refractivity contribution in [3.05, 3.63) is 91.7 Å². The Balaban J connectivity index is 2.24. The predicted molar refractivity (Wildman–Crippen MR) is 117 cm³/mol. The van der Waals surface area contributed by atoms with Gasteiger partial charge in [0.25, 0.3) is 11.5 Å². The second-order valence-corrected chi connectivity index (χ2v) is 7.50. The van der Waals surface area contributed by atoms with Gasteiger partial charge >= 0.3 is 5.69 Å². The predicted octanol–water partition coefficient (Wildman–Crippen LogP) is 3.19. The van der Waals surface area contributed by atoms with Crippen molar-refractivity contribution in [1.82, 2.24) is 19.7 Å². The summed E-state index contributed by atoms with van der Waals surface area (Å²) in [7, 11) is 0. The Labute approximate surface area is 178 Å². The number of carbonyl (C=O) groups is 1. The molecule has 0 aliphatic rings. The molecule has 1 amide bonds. The molecule has 0 saturated heterocycles. The van der Waals surface area contributed by atoms with E-state index in [0.29, 0.717) is 17.1 Å². The molecule has 0 aliphatic carbocycles. The lowest BCUT2D eigenvalue weighted by atomic mass is 10.1. The lowest BCUT2D eigenvalue weighted by Gasteiger charge is -2.18. The first kappa shape index (κ1) is 21.5.